The van der Waals surface area contributed by atoms with Crippen LogP contribution in [0.15, 0.2) is 47.3 Å². The van der Waals surface area contributed by atoms with E-state index in [0.717, 1.165) is 16.8 Å². The number of nitrogens with zero attached hydrogens (tertiary/aromatic N) is 1. The van der Waals surface area contributed by atoms with Gasteiger partial charge in [0, 0.05) is 10.9 Å². The Labute approximate surface area is 75.2 Å². The van der Waals surface area contributed by atoms with E-state index >= 15 is 0 Å². The molecule has 2 nitrogen and oxygen atoms in total. The Bertz CT molecular complexity index is 527. The van der Waals surface area contributed by atoms with E-state index in [2.05, 4.69) is 11.1 Å². The highest BCUT2D eigenvalue weighted by atomic mass is 16.3. The summed E-state index contributed by atoms with van der Waals surface area (Å²) in [4.78, 5) is 4.42. The minimum Gasteiger partial charge on any atom is -0.470 e. The van der Waals surface area contributed by atoms with Crippen LogP contribution in [0.3, 0.4) is 0 Å². The first-order chi connectivity index (χ1) is 6.45. The van der Waals surface area contributed by atoms with Crippen LogP contribution >= 0.6 is 0 Å². The van der Waals surface area contributed by atoms with Crippen LogP contribution < -0.4 is 0 Å². The van der Waals surface area contributed by atoms with Crippen molar-refractivity contribution in [3.63, 3.8) is 0 Å². The Balaban J connectivity index is 2.56. The highest BCUT2D eigenvalue weighted by molar-refractivity contribution is 5.96. The van der Waals surface area contributed by atoms with Gasteiger partial charge in [-0.15, -0.1) is 0 Å². The van der Waals surface area contributed by atoms with Crippen LogP contribution in [-0.2, 0) is 0 Å². The van der Waals surface area contributed by atoms with E-state index in [4.69, 9.17) is 4.42 Å². The van der Waals surface area contributed by atoms with E-state index in [9.17, 15) is 0 Å². The van der Waals surface area contributed by atoms with E-state index in [1.807, 2.05) is 24.3 Å². The molecule has 2 heteroatoms. The maximum absolute atomic E-state index is 5.06. The maximum Gasteiger partial charge on any atom is 0.116 e. The van der Waals surface area contributed by atoms with Crippen LogP contribution in [0.25, 0.3) is 22.2 Å². The first-order valence-corrected chi connectivity index (χ1v) is 4.16. The summed E-state index contributed by atoms with van der Waals surface area (Å²) < 4.78 is 5.06. The van der Waals surface area contributed by atoms with Crippen LogP contribution in [0.2, 0.25) is 0 Å². The Morgan fingerprint density at radius 2 is 2.00 bits per heavy atom. The molecule has 0 saturated heterocycles. The predicted molar refractivity (Wildman–Crippen MR) is 50.6 cm³/mol. The van der Waals surface area contributed by atoms with E-state index in [1.165, 1.54) is 5.39 Å². The molecule has 0 unspecified atom stereocenters. The summed E-state index contributed by atoms with van der Waals surface area (Å²) in [5, 5.41) is 1.19. The van der Waals surface area contributed by atoms with Crippen molar-refractivity contribution < 1.29 is 4.42 Å². The lowest BCUT2D eigenvalue weighted by atomic mass is 10.1. The number of aromatic nitrogens is 1. The minimum absolute atomic E-state index is 0.920. The number of para-hydroxylation sites is 1. The van der Waals surface area contributed by atoms with E-state index in [1.54, 1.807) is 12.5 Å². The molecule has 62 valence electrons. The number of hydrogen-bond acceptors (Lipinski definition) is 2. The van der Waals surface area contributed by atoms with E-state index in [0.29, 0.717) is 0 Å². The van der Waals surface area contributed by atoms with Gasteiger partial charge in [-0.1, -0.05) is 18.2 Å². The summed E-state index contributed by atoms with van der Waals surface area (Å²) in [6.45, 7) is 0. The zero-order valence-electron chi connectivity index (χ0n) is 6.90. The summed E-state index contributed by atoms with van der Waals surface area (Å²) in [6, 6.07) is 10.0. The van der Waals surface area contributed by atoms with Crippen LogP contribution in [0.5, 0.6) is 0 Å². The van der Waals surface area contributed by atoms with Crippen LogP contribution in [-0.4, -0.2) is 4.98 Å². The molecule has 0 radical (unpaired) electrons. The zero-order valence-corrected chi connectivity index (χ0v) is 6.90. The van der Waals surface area contributed by atoms with Gasteiger partial charge in [-0.2, -0.15) is 0 Å². The second-order valence-electron chi connectivity index (χ2n) is 2.98. The molecule has 1 aromatic carbocycles. The van der Waals surface area contributed by atoms with E-state index in [-0.39, 0.29) is 0 Å². The molecule has 0 N–H and O–H groups in total. The summed E-state index contributed by atoms with van der Waals surface area (Å²) in [5.41, 5.74) is 3.10. The Hall–Kier alpha value is -1.83. The molecule has 0 spiro atoms. The van der Waals surface area contributed by atoms with Crippen molar-refractivity contribution in [3.05, 3.63) is 42.9 Å². The van der Waals surface area contributed by atoms with Gasteiger partial charge in [0.1, 0.15) is 12.0 Å². The van der Waals surface area contributed by atoms with Crippen molar-refractivity contribution in [1.82, 2.24) is 4.98 Å². The first-order valence-electron chi connectivity index (χ1n) is 4.16. The molecule has 0 aromatic heterocycles. The third kappa shape index (κ3) is 0.855. The topological polar surface area (TPSA) is 26.0 Å². The molecule has 0 bridgehead atoms. The van der Waals surface area contributed by atoms with Crippen LogP contribution in [0.1, 0.15) is 0 Å². The molecule has 0 fully saturated rings. The van der Waals surface area contributed by atoms with Gasteiger partial charge in [0.2, 0.25) is 0 Å². The molecule has 2 aliphatic heterocycles. The Morgan fingerprint density at radius 1 is 1.08 bits per heavy atom. The molecule has 1 aromatic rings. The molecule has 0 amide bonds. The fraction of sp³-hybridized carbons (Fsp3) is 0. The fourth-order valence-corrected chi connectivity index (χ4v) is 1.60. The third-order valence-electron chi connectivity index (χ3n) is 2.20. The second kappa shape index (κ2) is 2.33. The van der Waals surface area contributed by atoms with Crippen LogP contribution in [0.4, 0.5) is 0 Å². The molecule has 2 aliphatic rings. The summed E-state index contributed by atoms with van der Waals surface area (Å²) in [6.07, 6.45) is 3.35. The molecule has 0 aliphatic carbocycles. The lowest BCUT2D eigenvalue weighted by molar-refractivity contribution is 0.550. The van der Waals surface area contributed by atoms with Gasteiger partial charge in [0.05, 0.1) is 11.8 Å². The minimum atomic E-state index is 0.920. The van der Waals surface area contributed by atoms with Crippen LogP contribution in [0, 0.1) is 0 Å². The smallest absolute Gasteiger partial charge is 0.116 e. The molecular formula is C11H7NO. The van der Waals surface area contributed by atoms with Gasteiger partial charge < -0.3 is 4.42 Å². The van der Waals surface area contributed by atoms with Gasteiger partial charge in [0.15, 0.2) is 0 Å². The van der Waals surface area contributed by atoms with Crippen molar-refractivity contribution in [2.75, 3.05) is 0 Å². The summed E-state index contributed by atoms with van der Waals surface area (Å²) >= 11 is 0. The third-order valence-corrected chi connectivity index (χ3v) is 2.20. The second-order valence-corrected chi connectivity index (χ2v) is 2.98. The lowest BCUT2D eigenvalue weighted by Crippen LogP contribution is -1.72. The standard InChI is InChI=1S/C11H7NO/c1-2-4-10-8(3-1)9-5-6-13-7-11(9)12-10/h1-7H. The van der Waals surface area contributed by atoms with Crippen molar-refractivity contribution in [1.29, 1.82) is 0 Å². The van der Waals surface area contributed by atoms with Gasteiger partial charge in [-0.25, -0.2) is 4.98 Å². The SMILES string of the molecule is c1ccc2c3ccocc-3nc2c1. The van der Waals surface area contributed by atoms with Crippen molar-refractivity contribution in [3.8, 4) is 11.3 Å². The monoisotopic (exact) mass is 169 g/mol. The van der Waals surface area contributed by atoms with Gasteiger partial charge in [0.25, 0.3) is 0 Å². The number of hydrogen-bond donors (Lipinski definition) is 0. The molecule has 2 heterocycles. The van der Waals surface area contributed by atoms with Gasteiger partial charge in [-0.05, 0) is 12.1 Å². The molecule has 13 heavy (non-hydrogen) atoms. The van der Waals surface area contributed by atoms with Crippen molar-refractivity contribution in [2.45, 2.75) is 0 Å². The highest BCUT2D eigenvalue weighted by Gasteiger charge is 2.09. The van der Waals surface area contributed by atoms with Gasteiger partial charge >= 0.3 is 0 Å². The van der Waals surface area contributed by atoms with Gasteiger partial charge in [-0.3, -0.25) is 0 Å². The molecule has 0 saturated carbocycles. The highest BCUT2D eigenvalue weighted by Crippen LogP contribution is 2.29. The average molecular weight is 169 g/mol. The fourth-order valence-electron chi connectivity index (χ4n) is 1.60. The number of benzene rings is 1. The van der Waals surface area contributed by atoms with E-state index < -0.39 is 0 Å². The molecular weight excluding hydrogens is 162 g/mol. The predicted octanol–water partition coefficient (Wildman–Crippen LogP) is 2.93. The maximum atomic E-state index is 5.06. The van der Waals surface area contributed by atoms with Crippen molar-refractivity contribution in [2.24, 2.45) is 0 Å². The number of fused-ring (bicyclic) bond motifs is 3. The Kier molecular flexibility index (Phi) is 1.19. The largest absolute Gasteiger partial charge is 0.470 e. The lowest BCUT2D eigenvalue weighted by Gasteiger charge is -1.93. The quantitative estimate of drug-likeness (QED) is 0.517. The summed E-state index contributed by atoms with van der Waals surface area (Å²) in [5.74, 6) is 0. The average Bonchev–Trinajstić information content (AvgIpc) is 2.56. The summed E-state index contributed by atoms with van der Waals surface area (Å²) in [7, 11) is 0. The molecule has 3 rings (SSSR count). The zero-order chi connectivity index (χ0) is 8.67. The van der Waals surface area contributed by atoms with Crippen molar-refractivity contribution >= 4 is 10.9 Å². The normalized spacial score (nSPS) is 11.1. The first kappa shape index (κ1) is 6.66. The number of rotatable bonds is 0. The Morgan fingerprint density at radius 3 is 3.00 bits per heavy atom. The molecule has 0 atom stereocenters.